The van der Waals surface area contributed by atoms with E-state index in [0.29, 0.717) is 0 Å². The van der Waals surface area contributed by atoms with Crippen molar-refractivity contribution < 1.29 is 4.74 Å². The van der Waals surface area contributed by atoms with E-state index >= 15 is 0 Å². The average molecular weight is 240 g/mol. The number of benzene rings is 1. The second-order valence-electron chi connectivity index (χ2n) is 3.88. The van der Waals surface area contributed by atoms with E-state index in [1.54, 1.807) is 13.3 Å². The Balaban J connectivity index is 2.18. The predicted molar refractivity (Wildman–Crippen MR) is 69.8 cm³/mol. The Morgan fingerprint density at radius 2 is 2.11 bits per heavy atom. The summed E-state index contributed by atoms with van der Waals surface area (Å²) in [7, 11) is 1.66. The van der Waals surface area contributed by atoms with Crippen LogP contribution in [0, 0.1) is 0 Å². The van der Waals surface area contributed by atoms with Gasteiger partial charge in [-0.15, -0.1) is 0 Å². The summed E-state index contributed by atoms with van der Waals surface area (Å²) in [5, 5.41) is 1.09. The van der Waals surface area contributed by atoms with Gasteiger partial charge in [0.25, 0.3) is 0 Å². The molecule has 3 aromatic rings. The summed E-state index contributed by atoms with van der Waals surface area (Å²) < 4.78 is 7.17. The van der Waals surface area contributed by atoms with Gasteiger partial charge in [0, 0.05) is 17.8 Å². The maximum absolute atomic E-state index is 5.60. The lowest BCUT2D eigenvalue weighted by molar-refractivity contribution is 0.415. The van der Waals surface area contributed by atoms with Crippen LogP contribution in [0.3, 0.4) is 0 Å². The van der Waals surface area contributed by atoms with Crippen LogP contribution in [0.15, 0.2) is 42.7 Å². The maximum atomic E-state index is 5.60. The predicted octanol–water partition coefficient (Wildman–Crippen LogP) is 2.01. The monoisotopic (exact) mass is 240 g/mol. The Bertz CT molecular complexity index is 705. The van der Waals surface area contributed by atoms with Gasteiger partial charge in [0.1, 0.15) is 11.6 Å². The fourth-order valence-electron chi connectivity index (χ4n) is 1.95. The van der Waals surface area contributed by atoms with Gasteiger partial charge >= 0.3 is 0 Å². The molecule has 0 aliphatic rings. The number of methoxy groups -OCH3 is 1. The van der Waals surface area contributed by atoms with Gasteiger partial charge in [0.2, 0.25) is 5.95 Å². The number of anilines is 1. The Labute approximate surface area is 104 Å². The van der Waals surface area contributed by atoms with Gasteiger partial charge in [0.15, 0.2) is 0 Å². The molecule has 5 heteroatoms. The smallest absolute Gasteiger partial charge is 0.221 e. The number of hydrogen-bond acceptors (Lipinski definition) is 4. The molecule has 18 heavy (non-hydrogen) atoms. The van der Waals surface area contributed by atoms with Crippen molar-refractivity contribution >= 4 is 16.9 Å². The van der Waals surface area contributed by atoms with Crippen molar-refractivity contribution in [3.05, 3.63) is 42.7 Å². The molecule has 0 saturated heterocycles. The van der Waals surface area contributed by atoms with Crippen LogP contribution in [0.1, 0.15) is 0 Å². The molecule has 0 unspecified atom stereocenters. The number of aromatic nitrogens is 3. The van der Waals surface area contributed by atoms with Crippen LogP contribution in [-0.4, -0.2) is 21.6 Å². The summed E-state index contributed by atoms with van der Waals surface area (Å²) in [5.74, 6) is 1.85. The molecule has 3 rings (SSSR count). The molecule has 2 N–H and O–H groups in total. The molecule has 2 aromatic heterocycles. The van der Waals surface area contributed by atoms with Crippen LogP contribution in [0.5, 0.6) is 5.75 Å². The Kier molecular flexibility index (Phi) is 2.37. The molecule has 0 amide bonds. The molecule has 0 bridgehead atoms. The van der Waals surface area contributed by atoms with Crippen LogP contribution in [-0.2, 0) is 0 Å². The lowest BCUT2D eigenvalue weighted by atomic mass is 10.2. The summed E-state index contributed by atoms with van der Waals surface area (Å²) in [6.07, 6.45) is 3.60. The summed E-state index contributed by atoms with van der Waals surface area (Å²) in [6.45, 7) is 0. The van der Waals surface area contributed by atoms with Gasteiger partial charge in [-0.2, -0.15) is 4.98 Å². The van der Waals surface area contributed by atoms with Gasteiger partial charge in [0.05, 0.1) is 12.6 Å². The zero-order valence-electron chi connectivity index (χ0n) is 9.87. The van der Waals surface area contributed by atoms with Crippen LogP contribution in [0.2, 0.25) is 0 Å². The summed E-state index contributed by atoms with van der Waals surface area (Å²) in [5.41, 5.74) is 6.65. The van der Waals surface area contributed by atoms with Crippen molar-refractivity contribution in [2.24, 2.45) is 0 Å². The van der Waals surface area contributed by atoms with Crippen molar-refractivity contribution in [3.8, 4) is 11.6 Å². The lowest BCUT2D eigenvalue weighted by Crippen LogP contribution is -2.00. The highest BCUT2D eigenvalue weighted by molar-refractivity contribution is 5.83. The Hall–Kier alpha value is -2.56. The highest BCUT2D eigenvalue weighted by atomic mass is 16.5. The average Bonchev–Trinajstić information content (AvgIpc) is 2.81. The largest absolute Gasteiger partial charge is 0.497 e. The first-order chi connectivity index (χ1) is 8.78. The zero-order valence-corrected chi connectivity index (χ0v) is 9.87. The first-order valence-corrected chi connectivity index (χ1v) is 5.52. The van der Waals surface area contributed by atoms with E-state index in [9.17, 15) is 0 Å². The van der Waals surface area contributed by atoms with Crippen LogP contribution in [0.4, 0.5) is 5.95 Å². The number of fused-ring (bicyclic) bond motifs is 1. The van der Waals surface area contributed by atoms with Gasteiger partial charge in [-0.1, -0.05) is 0 Å². The SMILES string of the molecule is COc1ccc2c(ccn2-c2ccnc(N)n2)c1. The highest BCUT2D eigenvalue weighted by Gasteiger charge is 2.05. The molecular formula is C13H12N4O. The summed E-state index contributed by atoms with van der Waals surface area (Å²) >= 11 is 0. The minimum absolute atomic E-state index is 0.267. The van der Waals surface area contributed by atoms with E-state index in [1.165, 1.54) is 0 Å². The zero-order chi connectivity index (χ0) is 12.5. The maximum Gasteiger partial charge on any atom is 0.221 e. The first kappa shape index (κ1) is 10.6. The first-order valence-electron chi connectivity index (χ1n) is 5.52. The fourth-order valence-corrected chi connectivity index (χ4v) is 1.95. The van der Waals surface area contributed by atoms with Gasteiger partial charge in [-0.05, 0) is 30.3 Å². The quantitative estimate of drug-likeness (QED) is 0.744. The van der Waals surface area contributed by atoms with Gasteiger partial charge < -0.3 is 15.0 Å². The summed E-state index contributed by atoms with van der Waals surface area (Å²) in [6, 6.07) is 9.72. The normalized spacial score (nSPS) is 10.7. The van der Waals surface area contributed by atoms with Gasteiger partial charge in [-0.3, -0.25) is 0 Å². The number of rotatable bonds is 2. The Morgan fingerprint density at radius 1 is 1.22 bits per heavy atom. The van der Waals surface area contributed by atoms with E-state index in [4.69, 9.17) is 10.5 Å². The van der Waals surface area contributed by atoms with Crippen LogP contribution in [0.25, 0.3) is 16.7 Å². The van der Waals surface area contributed by atoms with E-state index in [2.05, 4.69) is 9.97 Å². The minimum atomic E-state index is 0.267. The molecule has 0 atom stereocenters. The number of nitrogen functional groups attached to an aromatic ring is 1. The standard InChI is InChI=1S/C13H12N4O/c1-18-10-2-3-11-9(8-10)5-7-17(11)12-4-6-15-13(14)16-12/h2-8H,1H3,(H2,14,15,16). The van der Waals surface area contributed by atoms with Crippen molar-refractivity contribution in [2.45, 2.75) is 0 Å². The van der Waals surface area contributed by atoms with E-state index in [0.717, 1.165) is 22.5 Å². The third kappa shape index (κ3) is 1.66. The molecule has 90 valence electrons. The van der Waals surface area contributed by atoms with Crippen molar-refractivity contribution in [2.75, 3.05) is 12.8 Å². The lowest BCUT2D eigenvalue weighted by Gasteiger charge is -2.05. The fraction of sp³-hybridized carbons (Fsp3) is 0.0769. The van der Waals surface area contributed by atoms with Crippen molar-refractivity contribution in [3.63, 3.8) is 0 Å². The minimum Gasteiger partial charge on any atom is -0.497 e. The highest BCUT2D eigenvalue weighted by Crippen LogP contribution is 2.23. The molecule has 5 nitrogen and oxygen atoms in total. The summed E-state index contributed by atoms with van der Waals surface area (Å²) in [4.78, 5) is 8.10. The van der Waals surface area contributed by atoms with Crippen molar-refractivity contribution in [1.82, 2.24) is 14.5 Å². The van der Waals surface area contributed by atoms with Crippen LogP contribution < -0.4 is 10.5 Å². The third-order valence-corrected chi connectivity index (χ3v) is 2.80. The van der Waals surface area contributed by atoms with E-state index < -0.39 is 0 Å². The second kappa shape index (κ2) is 4.03. The second-order valence-corrected chi connectivity index (χ2v) is 3.88. The molecule has 0 radical (unpaired) electrons. The number of ether oxygens (including phenoxy) is 1. The molecule has 0 aliphatic carbocycles. The Morgan fingerprint density at radius 3 is 2.89 bits per heavy atom. The molecular weight excluding hydrogens is 228 g/mol. The number of nitrogens with two attached hydrogens (primary N) is 1. The number of hydrogen-bond donors (Lipinski definition) is 1. The molecule has 0 saturated carbocycles. The van der Waals surface area contributed by atoms with E-state index in [-0.39, 0.29) is 5.95 Å². The van der Waals surface area contributed by atoms with Gasteiger partial charge in [-0.25, -0.2) is 4.98 Å². The molecule has 2 heterocycles. The third-order valence-electron chi connectivity index (χ3n) is 2.80. The van der Waals surface area contributed by atoms with Crippen molar-refractivity contribution in [1.29, 1.82) is 0 Å². The topological polar surface area (TPSA) is 66.0 Å². The van der Waals surface area contributed by atoms with E-state index in [1.807, 2.05) is 41.1 Å². The number of nitrogens with zero attached hydrogens (tertiary/aromatic N) is 3. The molecule has 0 fully saturated rings. The molecule has 0 aliphatic heterocycles. The molecule has 1 aromatic carbocycles. The van der Waals surface area contributed by atoms with Crippen LogP contribution >= 0.6 is 0 Å². The molecule has 0 spiro atoms.